The van der Waals surface area contributed by atoms with Crippen LogP contribution in [0.1, 0.15) is 201 Å². The average Bonchev–Trinajstić information content (AvgIpc) is 3.00. The van der Waals surface area contributed by atoms with Gasteiger partial charge < -0.3 is 30.0 Å². The molecule has 0 aromatic heterocycles. The molecule has 44 heavy (non-hydrogen) atoms. The van der Waals surface area contributed by atoms with Crippen LogP contribution in [0.25, 0.3) is 0 Å². The van der Waals surface area contributed by atoms with Crippen molar-refractivity contribution < 1.29 is 30.0 Å². The van der Waals surface area contributed by atoms with E-state index in [1.165, 1.54) is 116 Å². The maximum atomic E-state index is 10.1. The Morgan fingerprint density at radius 2 is 0.659 bits per heavy atom. The predicted molar refractivity (Wildman–Crippen MR) is 187 cm³/mol. The van der Waals surface area contributed by atoms with Crippen LogP contribution in [0.5, 0.6) is 0 Å². The number of carboxylic acid groups (broad SMARTS) is 2. The van der Waals surface area contributed by atoms with Gasteiger partial charge in [-0.1, -0.05) is 117 Å². The van der Waals surface area contributed by atoms with E-state index in [9.17, 15) is 19.8 Å². The number of carbonyl (C=O) groups is 2. The van der Waals surface area contributed by atoms with Crippen molar-refractivity contribution in [2.24, 2.45) is 0 Å². The van der Waals surface area contributed by atoms with Gasteiger partial charge in [0.2, 0.25) is 0 Å². The van der Waals surface area contributed by atoms with Gasteiger partial charge in [-0.25, -0.2) is 0 Å². The zero-order valence-corrected chi connectivity index (χ0v) is 32.8. The summed E-state index contributed by atoms with van der Waals surface area (Å²) < 4.78 is 3.25. The van der Waals surface area contributed by atoms with Crippen LogP contribution in [0, 0.1) is 0 Å². The van der Waals surface area contributed by atoms with Crippen molar-refractivity contribution in [2.45, 2.75) is 210 Å². The van der Waals surface area contributed by atoms with Crippen LogP contribution in [-0.4, -0.2) is 56.5 Å². The number of rotatable bonds is 30. The molecule has 0 aromatic carbocycles. The van der Waals surface area contributed by atoms with Crippen molar-refractivity contribution in [1.29, 1.82) is 0 Å². The Balaban J connectivity index is -0.000000251. The summed E-state index contributed by atoms with van der Waals surface area (Å²) in [4.78, 5) is 20.2. The van der Waals surface area contributed by atoms with Crippen molar-refractivity contribution in [3.63, 3.8) is 0 Å². The Morgan fingerprint density at radius 1 is 0.409 bits per heavy atom. The molecular weight excluding hydrogens is 659 g/mol. The molecule has 0 heterocycles. The molecule has 0 amide bonds. The zero-order chi connectivity index (χ0) is 33.8. The second-order valence-corrected chi connectivity index (χ2v) is 16.1. The van der Waals surface area contributed by atoms with Gasteiger partial charge in [0.1, 0.15) is 0 Å². The summed E-state index contributed by atoms with van der Waals surface area (Å²) in [5.74, 6) is -1.82. The van der Waals surface area contributed by atoms with E-state index in [0.29, 0.717) is 0 Å². The van der Waals surface area contributed by atoms with Crippen LogP contribution in [0.15, 0.2) is 0 Å². The van der Waals surface area contributed by atoms with Crippen LogP contribution in [0.3, 0.4) is 0 Å². The third kappa shape index (κ3) is 68.7. The van der Waals surface area contributed by atoms with E-state index in [-0.39, 0.29) is 47.2 Å². The minimum absolute atomic E-state index is 0.149. The monoisotopic (exact) mass is 736 g/mol. The Bertz CT molecular complexity index is 462. The molecule has 0 unspecified atom stereocenters. The maximum absolute atomic E-state index is 10.1. The Morgan fingerprint density at radius 3 is 0.909 bits per heavy atom. The van der Waals surface area contributed by atoms with E-state index in [1.807, 2.05) is 0 Å². The van der Waals surface area contributed by atoms with Crippen molar-refractivity contribution >= 4 is 33.1 Å². The average molecular weight is 736 g/mol. The van der Waals surface area contributed by atoms with Crippen LogP contribution in [0.4, 0.5) is 0 Å². The van der Waals surface area contributed by atoms with Crippen LogP contribution in [-0.2, 0) is 9.59 Å². The van der Waals surface area contributed by atoms with E-state index in [2.05, 4.69) is 27.7 Å². The van der Waals surface area contributed by atoms with Gasteiger partial charge in [-0.2, -0.15) is 0 Å². The van der Waals surface area contributed by atoms with Gasteiger partial charge in [0, 0.05) is 25.2 Å². The molecular formula is C37H76O6Sn. The fourth-order valence-corrected chi connectivity index (χ4v) is 8.45. The predicted octanol–water partition coefficient (Wildman–Crippen LogP) is 8.58. The molecule has 0 spiro atoms. The number of unbranched alkanes of at least 4 members (excludes halogenated alkanes) is 20. The van der Waals surface area contributed by atoms with Crippen molar-refractivity contribution in [3.8, 4) is 0 Å². The second-order valence-electron chi connectivity index (χ2n) is 11.9. The first-order valence-electron chi connectivity index (χ1n) is 18.7. The molecule has 264 valence electrons. The molecule has 0 bridgehead atoms. The van der Waals surface area contributed by atoms with Gasteiger partial charge in [0.05, 0.1) is 0 Å². The summed E-state index contributed by atoms with van der Waals surface area (Å²) in [6, 6.07) is 0. The van der Waals surface area contributed by atoms with Crippen LogP contribution < -0.4 is 10.2 Å². The van der Waals surface area contributed by atoms with Gasteiger partial charge in [-0.3, -0.25) is 0 Å². The first-order valence-corrected chi connectivity index (χ1v) is 22.7. The topological polar surface area (TPSA) is 121 Å². The quantitative estimate of drug-likeness (QED) is 0.0564. The van der Waals surface area contributed by atoms with E-state index in [1.54, 1.807) is 8.87 Å². The number of aliphatic hydroxyl groups is 2. The Labute approximate surface area is 285 Å². The Hall–Kier alpha value is -0.341. The summed E-state index contributed by atoms with van der Waals surface area (Å²) in [5.41, 5.74) is 0. The van der Waals surface area contributed by atoms with Gasteiger partial charge in [0.25, 0.3) is 0 Å². The van der Waals surface area contributed by atoms with Gasteiger partial charge >= 0.3 is 69.5 Å². The molecule has 0 fully saturated rings. The molecule has 7 heteroatoms. The van der Waals surface area contributed by atoms with E-state index in [4.69, 9.17) is 10.2 Å². The fourth-order valence-electron chi connectivity index (χ4n) is 4.29. The third-order valence-electron chi connectivity index (χ3n) is 7.20. The minimum atomic E-state index is -0.909. The van der Waals surface area contributed by atoms with E-state index < -0.39 is 11.9 Å². The Kier molecular flexibility index (Phi) is 59.9. The molecule has 0 saturated carbocycles. The smallest absolute Gasteiger partial charge is 0.0431 e. The number of aliphatic hydroxyl groups excluding tert-OH is 2. The normalized spacial score (nSPS) is 9.95. The molecule has 0 aliphatic heterocycles. The van der Waals surface area contributed by atoms with Crippen molar-refractivity contribution in [2.75, 3.05) is 13.2 Å². The molecule has 0 aromatic rings. The number of carbonyl (C=O) groups excluding carboxylic acids is 2. The molecule has 6 nitrogen and oxygen atoms in total. The minimum Gasteiger partial charge on any atom is -0.396 e. The molecule has 0 radical (unpaired) electrons. The molecule has 0 aliphatic carbocycles. The first kappa shape index (κ1) is 50.5. The summed E-state index contributed by atoms with van der Waals surface area (Å²) >= 11 is 0.149. The van der Waals surface area contributed by atoms with E-state index >= 15 is 0 Å². The first-order chi connectivity index (χ1) is 21.4. The molecule has 2 N–H and O–H groups in total. The SMILES string of the molecule is CCCCCCCCCCCC(=O)[O-].CCCCCCCCCCCC(=O)[O-].CCC[CH2][Sn+2][CH2]CCC.OCCCCCO. The fraction of sp³-hybridized carbons (Fsp3) is 0.946. The van der Waals surface area contributed by atoms with Gasteiger partial charge in [-0.05, 0) is 44.9 Å². The standard InChI is InChI=1S/2C12H24O2.C5H12O2.2C4H9.Sn/c2*1-2-3-4-5-6-7-8-9-10-11-12(13)14;6-4-2-1-3-5-7;2*1-3-4-2;/h2*2-11H2,1H3,(H,13,14);6-7H,1-5H2;2*1,3-4H2,2H3;/q;;;;;+2/p-2. The molecule has 0 rings (SSSR count). The number of carboxylic acids is 2. The summed E-state index contributed by atoms with van der Waals surface area (Å²) in [6.45, 7) is 9.53. The van der Waals surface area contributed by atoms with Crippen LogP contribution >= 0.6 is 0 Å². The summed E-state index contributed by atoms with van der Waals surface area (Å²) in [7, 11) is 0. The molecule has 0 atom stereocenters. The second kappa shape index (κ2) is 52.2. The van der Waals surface area contributed by atoms with Gasteiger partial charge in [-0.15, -0.1) is 0 Å². The number of aliphatic carboxylic acids is 2. The zero-order valence-electron chi connectivity index (χ0n) is 29.9. The van der Waals surface area contributed by atoms with Crippen LogP contribution in [0.2, 0.25) is 8.87 Å². The maximum Gasteiger partial charge on any atom is 0.0431 e. The molecule has 0 saturated heterocycles. The number of hydrogen-bond acceptors (Lipinski definition) is 6. The summed E-state index contributed by atoms with van der Waals surface area (Å²) in [6.07, 6.45) is 30.7. The van der Waals surface area contributed by atoms with Crippen molar-refractivity contribution in [1.82, 2.24) is 0 Å². The summed E-state index contributed by atoms with van der Waals surface area (Å²) in [5, 5.41) is 36.6. The molecule has 0 aliphatic rings. The van der Waals surface area contributed by atoms with E-state index in [0.717, 1.165) is 44.9 Å². The number of hydrogen-bond donors (Lipinski definition) is 2. The third-order valence-corrected chi connectivity index (χ3v) is 11.2. The largest absolute Gasteiger partial charge is 0.396 e. The van der Waals surface area contributed by atoms with Gasteiger partial charge in [0.15, 0.2) is 0 Å². The van der Waals surface area contributed by atoms with Crippen molar-refractivity contribution in [3.05, 3.63) is 0 Å².